The summed E-state index contributed by atoms with van der Waals surface area (Å²) in [5, 5.41) is 10.3. The highest BCUT2D eigenvalue weighted by Gasteiger charge is 2.37. The van der Waals surface area contributed by atoms with Gasteiger partial charge in [-0.1, -0.05) is 48.5 Å². The maximum Gasteiger partial charge on any atom is 0.407 e. The van der Waals surface area contributed by atoms with E-state index < -0.39 is 18.0 Å². The predicted octanol–water partition coefficient (Wildman–Crippen LogP) is 7.22. The van der Waals surface area contributed by atoms with Gasteiger partial charge in [-0.2, -0.15) is 0 Å². The summed E-state index contributed by atoms with van der Waals surface area (Å²) in [5.41, 5.74) is 4.64. The van der Waals surface area contributed by atoms with Crippen LogP contribution in [0.5, 0.6) is 0 Å². The van der Waals surface area contributed by atoms with Crippen molar-refractivity contribution in [3.8, 4) is 33.8 Å². The Hall–Kier alpha value is -6.98. The van der Waals surface area contributed by atoms with E-state index in [1.807, 2.05) is 36.5 Å². The maximum atomic E-state index is 15.8. The van der Waals surface area contributed by atoms with Gasteiger partial charge in [0, 0.05) is 61.0 Å². The Balaban J connectivity index is 0.000000644. The SMILES string of the molecule is C1CCOCC1.CNCC(=O)NCCCCc1ncc(-c2ccc3cc(-c4ccc(-c5cnc(C6CCCN6C(=O)[C@H](NC(=O)OC)c6ccccc6)[nH]5)c(F)c4)ncc3c2)[nH]1.COC=O. The number of aryl methyl sites for hydroxylation is 1. The Morgan fingerprint density at radius 3 is 2.35 bits per heavy atom. The van der Waals surface area contributed by atoms with Crippen molar-refractivity contribution in [1.29, 1.82) is 0 Å². The van der Waals surface area contributed by atoms with Crippen molar-refractivity contribution in [2.45, 2.75) is 63.5 Å². The van der Waals surface area contributed by atoms with Gasteiger partial charge in [0.15, 0.2) is 0 Å². The molecule has 8 rings (SSSR count). The normalized spacial score (nSPS) is 14.8. The number of fused-ring (bicyclic) bond motifs is 1. The van der Waals surface area contributed by atoms with Crippen LogP contribution in [0.15, 0.2) is 91.4 Å². The standard InChI is InChI=1S/C42H44FN9O4.C5H10O.C2H4O2/c1-44-25-38(53)45-17-7-6-12-37-47-23-34(49-37)28-14-13-27-21-33(46-22-30(27)19-28)29-15-16-31(32(43)20-29)35-24-48-40(50-35)36-11-8-18-52(36)41(54)39(51-42(55)56-2)26-9-4-3-5-10-26;1-2-4-6-5-3-1;1-4-2-3/h3-5,9-10,13-16,19-24,36,39,44H,6-8,11-12,17-18,25H2,1-2H3,(H,45,53)(H,47,49)(H,48,50)(H,51,55);1-5H2;2H,1H3/t36?,39-;;/m1../s1. The van der Waals surface area contributed by atoms with Crippen LogP contribution in [-0.4, -0.2) is 108 Å². The van der Waals surface area contributed by atoms with Crippen molar-refractivity contribution in [3.05, 3.63) is 114 Å². The lowest BCUT2D eigenvalue weighted by Gasteiger charge is -2.28. The highest BCUT2D eigenvalue weighted by Crippen LogP contribution is 2.35. The minimum atomic E-state index is -0.934. The van der Waals surface area contributed by atoms with Gasteiger partial charge in [-0.25, -0.2) is 19.2 Å². The number of methoxy groups -OCH3 is 2. The molecular weight excluding hydrogens is 846 g/mol. The smallest absolute Gasteiger partial charge is 0.407 e. The highest BCUT2D eigenvalue weighted by atomic mass is 19.1. The fourth-order valence-electron chi connectivity index (χ4n) is 7.78. The molecule has 348 valence electrons. The average molecular weight is 904 g/mol. The maximum absolute atomic E-state index is 15.8. The number of alkyl carbamates (subject to hydrolysis) is 1. The minimum Gasteiger partial charge on any atom is -0.471 e. The molecule has 5 N–H and O–H groups in total. The molecule has 3 aromatic carbocycles. The molecule has 5 heterocycles. The van der Waals surface area contributed by atoms with Crippen molar-refractivity contribution < 1.29 is 37.8 Å². The number of aromatic nitrogens is 5. The Morgan fingerprint density at radius 2 is 1.65 bits per heavy atom. The van der Waals surface area contributed by atoms with Crippen LogP contribution >= 0.6 is 0 Å². The van der Waals surface area contributed by atoms with Gasteiger partial charge >= 0.3 is 6.09 Å². The van der Waals surface area contributed by atoms with Crippen LogP contribution in [0.4, 0.5) is 9.18 Å². The summed E-state index contributed by atoms with van der Waals surface area (Å²) in [6, 6.07) is 20.8. The zero-order valence-corrected chi connectivity index (χ0v) is 37.6. The summed E-state index contributed by atoms with van der Waals surface area (Å²) in [4.78, 5) is 68.7. The second-order valence-electron chi connectivity index (χ2n) is 15.8. The fraction of sp³-hybridized carbons (Fsp3) is 0.367. The molecular formula is C49H58FN9O7. The van der Waals surface area contributed by atoms with E-state index in [4.69, 9.17) is 14.3 Å². The molecule has 2 fully saturated rings. The van der Waals surface area contributed by atoms with Crippen LogP contribution in [0.1, 0.15) is 74.2 Å². The summed E-state index contributed by atoms with van der Waals surface area (Å²) in [7, 11) is 4.31. The van der Waals surface area contributed by atoms with Crippen LogP contribution in [0.2, 0.25) is 0 Å². The summed E-state index contributed by atoms with van der Waals surface area (Å²) in [5.74, 6) is 0.716. The molecule has 2 saturated heterocycles. The van der Waals surface area contributed by atoms with E-state index in [0.29, 0.717) is 66.4 Å². The molecule has 2 aliphatic rings. The highest BCUT2D eigenvalue weighted by molar-refractivity contribution is 5.89. The number of likely N-dealkylation sites (N-methyl/N-ethyl adjacent to an activating group) is 1. The van der Waals surface area contributed by atoms with E-state index in [0.717, 1.165) is 66.8 Å². The molecule has 3 aromatic heterocycles. The van der Waals surface area contributed by atoms with Crippen molar-refractivity contribution in [3.63, 3.8) is 0 Å². The molecule has 3 amide bonds. The number of carbonyl (C=O) groups is 4. The first-order chi connectivity index (χ1) is 32.2. The molecule has 66 heavy (non-hydrogen) atoms. The number of likely N-dealkylation sites (tertiary alicyclic amines) is 1. The number of unbranched alkanes of at least 4 members (excludes halogenated alkanes) is 1. The third-order valence-electron chi connectivity index (χ3n) is 11.2. The van der Waals surface area contributed by atoms with Gasteiger partial charge in [-0.3, -0.25) is 19.4 Å². The third kappa shape index (κ3) is 13.3. The molecule has 1 unspecified atom stereocenters. The van der Waals surface area contributed by atoms with Crippen LogP contribution in [0.3, 0.4) is 0 Å². The second kappa shape index (κ2) is 24.9. The number of amides is 3. The molecule has 0 aliphatic carbocycles. The first-order valence-corrected chi connectivity index (χ1v) is 22.2. The molecule has 6 aromatic rings. The van der Waals surface area contributed by atoms with Crippen molar-refractivity contribution in [1.82, 2.24) is 45.8 Å². The Morgan fingerprint density at radius 1 is 0.879 bits per heavy atom. The summed E-state index contributed by atoms with van der Waals surface area (Å²) >= 11 is 0. The van der Waals surface area contributed by atoms with Gasteiger partial charge in [-0.15, -0.1) is 0 Å². The van der Waals surface area contributed by atoms with Crippen LogP contribution in [-0.2, 0) is 35.0 Å². The molecule has 17 heteroatoms. The summed E-state index contributed by atoms with van der Waals surface area (Å²) < 4.78 is 29.5. The molecule has 2 atom stereocenters. The van der Waals surface area contributed by atoms with Gasteiger partial charge in [0.05, 0.1) is 56.3 Å². The lowest BCUT2D eigenvalue weighted by Crippen LogP contribution is -2.42. The van der Waals surface area contributed by atoms with E-state index >= 15 is 4.39 Å². The van der Waals surface area contributed by atoms with Crippen LogP contribution < -0.4 is 16.0 Å². The monoisotopic (exact) mass is 903 g/mol. The number of pyridine rings is 1. The summed E-state index contributed by atoms with van der Waals surface area (Å²) in [6.07, 6.45) is 12.4. The van der Waals surface area contributed by atoms with Gasteiger partial charge in [0.2, 0.25) is 5.91 Å². The number of hydrogen-bond donors (Lipinski definition) is 5. The van der Waals surface area contributed by atoms with Gasteiger partial charge in [0.25, 0.3) is 12.4 Å². The lowest BCUT2D eigenvalue weighted by atomic mass is 10.0. The number of H-pyrrole nitrogens is 2. The number of aromatic amines is 2. The molecule has 0 spiro atoms. The second-order valence-corrected chi connectivity index (χ2v) is 15.8. The Labute approximate surface area is 383 Å². The van der Waals surface area contributed by atoms with Crippen molar-refractivity contribution in [2.24, 2.45) is 0 Å². The van der Waals surface area contributed by atoms with E-state index in [2.05, 4.69) is 51.7 Å². The average Bonchev–Trinajstić information content (AvgIpc) is 4.16. The topological polar surface area (TPSA) is 206 Å². The molecule has 0 saturated carbocycles. The number of ether oxygens (including phenoxy) is 3. The number of benzene rings is 3. The van der Waals surface area contributed by atoms with Crippen LogP contribution in [0.25, 0.3) is 44.5 Å². The number of rotatable bonds is 15. The van der Waals surface area contributed by atoms with E-state index in [9.17, 15) is 14.4 Å². The molecule has 0 radical (unpaired) electrons. The zero-order chi connectivity index (χ0) is 46.7. The summed E-state index contributed by atoms with van der Waals surface area (Å²) in [6.45, 7) is 3.81. The molecule has 16 nitrogen and oxygen atoms in total. The number of nitrogens with zero attached hydrogens (tertiary/aromatic N) is 4. The predicted molar refractivity (Wildman–Crippen MR) is 248 cm³/mol. The number of carbonyl (C=O) groups excluding carboxylic acids is 4. The third-order valence-corrected chi connectivity index (χ3v) is 11.2. The number of halogens is 1. The van der Waals surface area contributed by atoms with Gasteiger partial charge in [-0.05, 0) is 87.2 Å². The first-order valence-electron chi connectivity index (χ1n) is 22.2. The Kier molecular flexibility index (Phi) is 18.3. The largest absolute Gasteiger partial charge is 0.471 e. The number of hydrogen-bond acceptors (Lipinski definition) is 11. The first kappa shape index (κ1) is 48.5. The fourth-order valence-corrected chi connectivity index (χ4v) is 7.78. The van der Waals surface area contributed by atoms with E-state index in [1.165, 1.54) is 39.5 Å². The van der Waals surface area contributed by atoms with Crippen molar-refractivity contribution >= 4 is 35.2 Å². The number of imidazole rings is 2. The number of nitrogens with one attached hydrogen (secondary N) is 5. The quantitative estimate of drug-likeness (QED) is 0.0514. The van der Waals surface area contributed by atoms with Crippen molar-refractivity contribution in [2.75, 3.05) is 54.1 Å². The Bertz CT molecular complexity index is 2500. The molecule has 2 aliphatic heterocycles. The molecule has 0 bridgehead atoms. The zero-order valence-electron chi connectivity index (χ0n) is 37.6. The minimum absolute atomic E-state index is 0.00765. The van der Waals surface area contributed by atoms with Crippen LogP contribution in [0, 0.1) is 5.82 Å². The van der Waals surface area contributed by atoms with E-state index in [-0.39, 0.29) is 17.9 Å². The van der Waals surface area contributed by atoms with E-state index in [1.54, 1.807) is 54.7 Å². The lowest BCUT2D eigenvalue weighted by molar-refractivity contribution is -0.134. The van der Waals surface area contributed by atoms with Gasteiger partial charge < -0.3 is 45.0 Å². The van der Waals surface area contributed by atoms with Gasteiger partial charge in [0.1, 0.15) is 23.5 Å².